The smallest absolute Gasteiger partial charge is 1.00 e. The normalized spacial score (nSPS) is 10.4. The first-order chi connectivity index (χ1) is 31.1. The van der Waals surface area contributed by atoms with Crippen LogP contribution in [0.2, 0.25) is 0 Å². The zero-order chi connectivity index (χ0) is 51.6. The summed E-state index contributed by atoms with van der Waals surface area (Å²) in [6.07, 6.45) is 7.55. The molecule has 2 N–H and O–H groups in total. The predicted octanol–water partition coefficient (Wildman–Crippen LogP) is 6.78. The minimum absolute atomic E-state index is 0. The molecule has 0 fully saturated rings. The van der Waals surface area contributed by atoms with Crippen LogP contribution in [-0.4, -0.2) is 84.9 Å². The van der Waals surface area contributed by atoms with Crippen molar-refractivity contribution < 1.29 is 169 Å². The van der Waals surface area contributed by atoms with Gasteiger partial charge < -0.3 is 21.5 Å². The zero-order valence-electron chi connectivity index (χ0n) is 41.1. The predicted molar refractivity (Wildman–Crippen MR) is 269 cm³/mol. The van der Waals surface area contributed by atoms with Crippen LogP contribution in [0.4, 0.5) is 39.5 Å². The van der Waals surface area contributed by atoms with Crippen LogP contribution in [0.1, 0.15) is 65.9 Å². The van der Waals surface area contributed by atoms with E-state index >= 15 is 0 Å². The number of rotatable bonds is 10. The van der Waals surface area contributed by atoms with Gasteiger partial charge in [0, 0.05) is 76.5 Å². The number of hydrogen-bond acceptors (Lipinski definition) is 11. The number of ether oxygens (including phenoxy) is 2. The van der Waals surface area contributed by atoms with Gasteiger partial charge in [0.2, 0.25) is 0 Å². The summed E-state index contributed by atoms with van der Waals surface area (Å²) in [7, 11) is 0. The molecule has 28 heteroatoms. The number of esters is 2. The SMILES string of the molecule is CCOC(=O)C(F)(F)Br.CCOC(=O)C(F)(F)c1ccc(C)cn1.Cc1ccc(/C(F)=C/I)nc1.Cc1ccc(Br)nc1.Cc1ccc(C(F)(F)CI)nc1.Cc1ccc(C(F)(F)CO)nc1.[B].[Cu].[H-].[K+].[Na+].[OH-]. The molecule has 0 aliphatic carbocycles. The molecule has 0 unspecified atom stereocenters. The van der Waals surface area contributed by atoms with Gasteiger partial charge in [-0.1, -0.05) is 52.9 Å². The van der Waals surface area contributed by atoms with Gasteiger partial charge in [-0.15, -0.1) is 0 Å². The van der Waals surface area contributed by atoms with Gasteiger partial charge in [0.15, 0.2) is 5.83 Å². The second-order valence-electron chi connectivity index (χ2n) is 13.2. The van der Waals surface area contributed by atoms with Crippen molar-refractivity contribution in [3.63, 3.8) is 0 Å². The van der Waals surface area contributed by atoms with E-state index in [1.807, 2.05) is 83.7 Å². The Balaban J connectivity index is -0.000000142. The molecule has 0 amide bonds. The van der Waals surface area contributed by atoms with E-state index in [4.69, 9.17) is 5.11 Å². The number of alkyl halides is 10. The molecule has 72 heavy (non-hydrogen) atoms. The molecule has 0 bridgehead atoms. The van der Waals surface area contributed by atoms with Crippen molar-refractivity contribution >= 4 is 103 Å². The fourth-order valence-corrected chi connectivity index (χ4v) is 4.88. The third-order valence-corrected chi connectivity index (χ3v) is 9.64. The monoisotopic (exact) mass is 1460 g/mol. The van der Waals surface area contributed by atoms with Gasteiger partial charge in [0.05, 0.1) is 23.3 Å². The van der Waals surface area contributed by atoms with Crippen molar-refractivity contribution in [3.05, 3.63) is 151 Å². The van der Waals surface area contributed by atoms with Gasteiger partial charge in [0.25, 0.3) is 5.92 Å². The standard InChI is InChI=1S/C10H11F2NO2.C8H8F2IN.C8H9F2NO.C8H7FIN.C6H6BrN.C4H5BrF2O2.B.Cu.K.Na.H2O.H/c1-3-15-9(14)10(11,12)8-5-4-7(2)6-13-8;1-6-2-3-7(12-4-6)8(9,10)5-11;1-6-2-3-7(11-4-6)8(9,10)5-12;1-6-2-3-8(11-5-6)7(9)4-10;1-5-2-3-6(7)8-4-5;1-2-9-3(8)4(5,6)7;;;;;;/h4-6H,3H2,1-2H3;2-4H,5H2,1H3;2-4,12H,5H2,1H3;2-5H,1H3;2-4H,1H3;2H2,1H3;;;;;1H2;/q;;;;;;;;2*+1;;-1/p-1/b;;;7-4-;;;;;;;;. The van der Waals surface area contributed by atoms with Gasteiger partial charge in [-0.2, -0.15) is 35.1 Å². The summed E-state index contributed by atoms with van der Waals surface area (Å²) in [5, 5.41) is 8.33. The average molecular weight is 1460 g/mol. The molecule has 5 aromatic rings. The molecule has 5 rings (SSSR count). The molecule has 0 saturated heterocycles. The number of carbonyl (C=O) groups excluding carboxylic acids is 2. The van der Waals surface area contributed by atoms with Crippen molar-refractivity contribution in [3.8, 4) is 0 Å². The van der Waals surface area contributed by atoms with Crippen molar-refractivity contribution in [1.29, 1.82) is 0 Å². The maximum absolute atomic E-state index is 13.3. The van der Waals surface area contributed by atoms with Gasteiger partial charge in [-0.3, -0.25) is 19.9 Å². The summed E-state index contributed by atoms with van der Waals surface area (Å²) >= 11 is 8.57. The summed E-state index contributed by atoms with van der Waals surface area (Å²) < 4.78 is 125. The van der Waals surface area contributed by atoms with Crippen molar-refractivity contribution in [2.24, 2.45) is 0 Å². The van der Waals surface area contributed by atoms with Crippen LogP contribution < -0.4 is 80.9 Å². The molecule has 0 aliphatic rings. The first-order valence-corrected chi connectivity index (χ1v) is 23.4. The van der Waals surface area contributed by atoms with Crippen LogP contribution in [-0.2, 0) is 53.9 Å². The summed E-state index contributed by atoms with van der Waals surface area (Å²) in [5.41, 5.74) is 3.94. The summed E-state index contributed by atoms with van der Waals surface area (Å²) in [6, 6.07) is 15.8. The molecule has 0 aromatic carbocycles. The number of aromatic nitrogens is 5. The molecular formula is C44H48BBr2CuF9I2KN5NaO6. The number of nitrogens with zero attached hydrogens (tertiary/aromatic N) is 5. The number of hydrogen-bond donors (Lipinski definition) is 1. The second kappa shape index (κ2) is 42.4. The Morgan fingerprint density at radius 2 is 1.00 bits per heavy atom. The quantitative estimate of drug-likeness (QED) is 0.0391. The van der Waals surface area contributed by atoms with Crippen molar-refractivity contribution in [2.75, 3.05) is 24.2 Å². The van der Waals surface area contributed by atoms with Crippen LogP contribution in [0, 0.1) is 34.6 Å². The molecule has 0 saturated carbocycles. The number of pyridine rings is 5. The Morgan fingerprint density at radius 1 is 0.653 bits per heavy atom. The fourth-order valence-electron chi connectivity index (χ4n) is 3.83. The van der Waals surface area contributed by atoms with Crippen molar-refractivity contribution in [1.82, 2.24) is 24.9 Å². The van der Waals surface area contributed by atoms with E-state index in [0.29, 0.717) is 5.69 Å². The third-order valence-electron chi connectivity index (χ3n) is 7.34. The molecule has 0 spiro atoms. The molecule has 5 heterocycles. The summed E-state index contributed by atoms with van der Waals surface area (Å²) in [4.78, 5) is 36.0. The summed E-state index contributed by atoms with van der Waals surface area (Å²) in [6.45, 7) is 10.8. The number of aryl methyl sites for hydroxylation is 5. The Hall–Kier alpha value is -0.639. The topological polar surface area (TPSA) is 167 Å². The number of halogens is 13. The maximum Gasteiger partial charge on any atom is 1.00 e. The minimum Gasteiger partial charge on any atom is -1.00 e. The van der Waals surface area contributed by atoms with E-state index in [9.17, 15) is 49.1 Å². The van der Waals surface area contributed by atoms with E-state index in [-0.39, 0.29) is 142 Å². The fraction of sp³-hybridized carbons (Fsp3) is 0.341. The van der Waals surface area contributed by atoms with Crippen LogP contribution in [0.3, 0.4) is 0 Å². The summed E-state index contributed by atoms with van der Waals surface area (Å²) in [5.74, 6) is -13.1. The maximum atomic E-state index is 13.3. The molecule has 5 aromatic heterocycles. The van der Waals surface area contributed by atoms with E-state index in [0.717, 1.165) is 32.9 Å². The molecule has 4 radical (unpaired) electrons. The molecule has 0 atom stereocenters. The average Bonchev–Trinajstić information content (AvgIpc) is 3.29. The second-order valence-corrected chi connectivity index (χ2v) is 16.4. The van der Waals surface area contributed by atoms with E-state index in [1.54, 1.807) is 54.8 Å². The van der Waals surface area contributed by atoms with Gasteiger partial charge in [-0.25, -0.2) is 19.0 Å². The van der Waals surface area contributed by atoms with E-state index in [1.165, 1.54) is 66.3 Å². The Kier molecular flexibility index (Phi) is 48.7. The minimum atomic E-state index is -3.68. The van der Waals surface area contributed by atoms with Crippen molar-refractivity contribution in [2.45, 2.75) is 71.1 Å². The number of aliphatic hydroxyl groups is 1. The number of carbonyl (C=O) groups is 2. The van der Waals surface area contributed by atoms with Gasteiger partial charge in [-0.05, 0) is 145 Å². The van der Waals surface area contributed by atoms with Gasteiger partial charge >= 0.3 is 110 Å². The van der Waals surface area contributed by atoms with E-state index in [2.05, 4.69) is 50.3 Å². The first kappa shape index (κ1) is 82.7. The molecular weight excluding hydrogens is 1420 g/mol. The van der Waals surface area contributed by atoms with Gasteiger partial charge in [0.1, 0.15) is 28.3 Å². The molecule has 0 aliphatic heterocycles. The van der Waals surface area contributed by atoms with Crippen LogP contribution in [0.5, 0.6) is 0 Å². The Bertz CT molecular complexity index is 2190. The van der Waals surface area contributed by atoms with E-state index < -0.39 is 52.5 Å². The zero-order valence-corrected chi connectivity index (χ0v) is 53.7. The molecule has 11 nitrogen and oxygen atoms in total. The largest absolute Gasteiger partial charge is 1.00 e. The molecule has 392 valence electrons. The van der Waals surface area contributed by atoms with Crippen LogP contribution >= 0.6 is 77.0 Å². The third kappa shape index (κ3) is 34.2. The van der Waals surface area contributed by atoms with Crippen LogP contribution in [0.25, 0.3) is 5.83 Å². The van der Waals surface area contributed by atoms with Crippen LogP contribution in [0.15, 0.2) is 100 Å². The Labute approximate surface area is 535 Å². The first-order valence-electron chi connectivity index (χ1n) is 19.1. The number of aliphatic hydroxyl groups excluding tert-OH is 1. The Morgan fingerprint density at radius 3 is 1.26 bits per heavy atom.